The Bertz CT molecular complexity index is 1220. The third kappa shape index (κ3) is 4.33. The van der Waals surface area contributed by atoms with Crippen LogP contribution in [0, 0.1) is 6.92 Å². The summed E-state index contributed by atoms with van der Waals surface area (Å²) >= 11 is 1.43. The number of benzene rings is 2. The predicted molar refractivity (Wildman–Crippen MR) is 116 cm³/mol. The summed E-state index contributed by atoms with van der Waals surface area (Å²) in [4.78, 5) is 0.250. The summed E-state index contributed by atoms with van der Waals surface area (Å²) in [7, 11) is -3.53. The summed E-state index contributed by atoms with van der Waals surface area (Å²) in [6.45, 7) is 2.15. The molecule has 2 aromatic heterocycles. The number of para-hydroxylation sites is 1. The van der Waals surface area contributed by atoms with Gasteiger partial charge in [0.2, 0.25) is 10.0 Å². The number of aryl methyl sites for hydroxylation is 1. The molecular weight excluding hydrogens is 420 g/mol. The molecule has 0 fully saturated rings. The largest absolute Gasteiger partial charge is 0.469 e. The molecule has 2 heterocycles. The van der Waals surface area contributed by atoms with Crippen molar-refractivity contribution < 1.29 is 12.8 Å². The third-order valence-corrected chi connectivity index (χ3v) is 6.83. The lowest BCUT2D eigenvalue weighted by molar-refractivity contribution is 0.535. The molecule has 0 saturated heterocycles. The van der Waals surface area contributed by atoms with Gasteiger partial charge in [0, 0.05) is 18.0 Å². The van der Waals surface area contributed by atoms with E-state index in [0.717, 1.165) is 17.0 Å². The van der Waals surface area contributed by atoms with Gasteiger partial charge in [0.15, 0.2) is 11.0 Å². The van der Waals surface area contributed by atoms with Crippen molar-refractivity contribution in [3.05, 3.63) is 78.8 Å². The van der Waals surface area contributed by atoms with E-state index in [2.05, 4.69) is 14.9 Å². The van der Waals surface area contributed by atoms with E-state index in [1.54, 1.807) is 36.6 Å². The quantitative estimate of drug-likeness (QED) is 0.330. The summed E-state index contributed by atoms with van der Waals surface area (Å²) in [5, 5.41) is 9.38. The lowest BCUT2D eigenvalue weighted by Crippen LogP contribution is -2.26. The second-order valence-electron chi connectivity index (χ2n) is 6.43. The first-order valence-electron chi connectivity index (χ1n) is 9.29. The first-order valence-corrected chi connectivity index (χ1v) is 11.8. The van der Waals surface area contributed by atoms with Gasteiger partial charge in [-0.1, -0.05) is 48.2 Å². The van der Waals surface area contributed by atoms with Crippen molar-refractivity contribution in [3.63, 3.8) is 0 Å². The fourth-order valence-electron chi connectivity index (χ4n) is 2.97. The van der Waals surface area contributed by atoms with E-state index in [-0.39, 0.29) is 11.4 Å². The van der Waals surface area contributed by atoms with E-state index in [9.17, 15) is 8.42 Å². The summed E-state index contributed by atoms with van der Waals surface area (Å²) in [5.41, 5.74) is 1.79. The molecule has 4 rings (SSSR count). The summed E-state index contributed by atoms with van der Waals surface area (Å²) in [6.07, 6.45) is 1.62. The van der Waals surface area contributed by atoms with Crippen LogP contribution < -0.4 is 4.72 Å². The van der Waals surface area contributed by atoms with Crippen molar-refractivity contribution in [2.75, 3.05) is 12.3 Å². The topological polar surface area (TPSA) is 90.0 Å². The van der Waals surface area contributed by atoms with Crippen LogP contribution in [0.5, 0.6) is 0 Å². The summed E-state index contributed by atoms with van der Waals surface area (Å²) < 4.78 is 34.7. The number of hydrogen-bond donors (Lipinski definition) is 1. The molecule has 0 spiro atoms. The van der Waals surface area contributed by atoms with Crippen LogP contribution >= 0.6 is 11.8 Å². The highest BCUT2D eigenvalue weighted by atomic mass is 32.2. The second kappa shape index (κ2) is 8.86. The Labute approximate surface area is 179 Å². The highest BCUT2D eigenvalue weighted by Crippen LogP contribution is 2.30. The van der Waals surface area contributed by atoms with Gasteiger partial charge in [0.25, 0.3) is 0 Å². The molecule has 7 nitrogen and oxygen atoms in total. The molecule has 9 heteroatoms. The van der Waals surface area contributed by atoms with Gasteiger partial charge in [0.1, 0.15) is 5.76 Å². The van der Waals surface area contributed by atoms with Crippen LogP contribution in [0.3, 0.4) is 0 Å². The van der Waals surface area contributed by atoms with Crippen molar-refractivity contribution in [1.82, 2.24) is 19.5 Å². The maximum atomic E-state index is 12.4. The van der Waals surface area contributed by atoms with Gasteiger partial charge < -0.3 is 4.42 Å². The second-order valence-corrected chi connectivity index (χ2v) is 9.26. The molecule has 4 aromatic rings. The van der Waals surface area contributed by atoms with Crippen molar-refractivity contribution >= 4 is 21.8 Å². The van der Waals surface area contributed by atoms with Crippen molar-refractivity contribution in [2.45, 2.75) is 17.0 Å². The minimum Gasteiger partial charge on any atom is -0.469 e. The molecule has 154 valence electrons. The molecule has 0 unspecified atom stereocenters. The van der Waals surface area contributed by atoms with Crippen LogP contribution in [0.2, 0.25) is 0 Å². The maximum absolute atomic E-state index is 12.4. The van der Waals surface area contributed by atoms with Crippen LogP contribution in [0.25, 0.3) is 17.1 Å². The van der Waals surface area contributed by atoms with Gasteiger partial charge in [0.05, 0.1) is 16.7 Å². The monoisotopic (exact) mass is 440 g/mol. The van der Waals surface area contributed by atoms with E-state index in [1.807, 2.05) is 47.9 Å². The van der Waals surface area contributed by atoms with Crippen LogP contribution in [0.4, 0.5) is 0 Å². The van der Waals surface area contributed by atoms with Crippen LogP contribution in [-0.2, 0) is 10.0 Å². The van der Waals surface area contributed by atoms with Gasteiger partial charge in [-0.2, -0.15) is 0 Å². The van der Waals surface area contributed by atoms with Crippen LogP contribution in [-0.4, -0.2) is 35.5 Å². The van der Waals surface area contributed by atoms with Crippen molar-refractivity contribution in [3.8, 4) is 17.1 Å². The molecule has 0 aliphatic carbocycles. The lowest BCUT2D eigenvalue weighted by atomic mass is 10.2. The zero-order valence-electron chi connectivity index (χ0n) is 16.2. The Balaban J connectivity index is 1.52. The number of nitrogens with zero attached hydrogens (tertiary/aromatic N) is 3. The van der Waals surface area contributed by atoms with E-state index in [1.165, 1.54) is 11.8 Å². The van der Waals surface area contributed by atoms with E-state index in [4.69, 9.17) is 4.42 Å². The van der Waals surface area contributed by atoms with Crippen LogP contribution in [0.1, 0.15) is 5.76 Å². The minimum absolute atomic E-state index is 0.250. The zero-order valence-corrected chi connectivity index (χ0v) is 17.9. The zero-order chi connectivity index (χ0) is 21.0. The van der Waals surface area contributed by atoms with Crippen LogP contribution in [0.15, 0.2) is 87.5 Å². The number of thioether (sulfide) groups is 1. The predicted octanol–water partition coefficient (Wildman–Crippen LogP) is 3.91. The molecule has 0 radical (unpaired) electrons. The lowest BCUT2D eigenvalue weighted by Gasteiger charge is -2.10. The molecule has 0 aliphatic heterocycles. The number of sulfonamides is 1. The number of hydrogen-bond acceptors (Lipinski definition) is 6. The molecule has 0 aliphatic rings. The summed E-state index contributed by atoms with van der Waals surface area (Å²) in [6, 6.07) is 20.0. The first kappa shape index (κ1) is 20.4. The Morgan fingerprint density at radius 3 is 2.37 bits per heavy atom. The minimum atomic E-state index is -3.53. The molecule has 2 aromatic carbocycles. The van der Waals surface area contributed by atoms with Gasteiger partial charge in [-0.15, -0.1) is 10.2 Å². The highest BCUT2D eigenvalue weighted by molar-refractivity contribution is 7.99. The van der Waals surface area contributed by atoms with E-state index in [0.29, 0.717) is 16.7 Å². The smallest absolute Gasteiger partial charge is 0.240 e. The molecule has 0 saturated carbocycles. The Morgan fingerprint density at radius 2 is 1.70 bits per heavy atom. The SMILES string of the molecule is Cc1occc1-c1nnc(SCCNS(=O)(=O)c2ccccc2)n1-c1ccccc1. The van der Waals surface area contributed by atoms with E-state index < -0.39 is 10.0 Å². The highest BCUT2D eigenvalue weighted by Gasteiger charge is 2.19. The average molecular weight is 441 g/mol. The maximum Gasteiger partial charge on any atom is 0.240 e. The number of rotatable bonds is 8. The Hall–Kier alpha value is -2.88. The van der Waals surface area contributed by atoms with Gasteiger partial charge in [-0.25, -0.2) is 13.1 Å². The Morgan fingerprint density at radius 1 is 1.00 bits per heavy atom. The molecule has 30 heavy (non-hydrogen) atoms. The number of furan rings is 1. The molecule has 0 bridgehead atoms. The first-order chi connectivity index (χ1) is 14.6. The van der Waals surface area contributed by atoms with E-state index >= 15 is 0 Å². The average Bonchev–Trinajstić information content (AvgIpc) is 3.38. The summed E-state index contributed by atoms with van der Waals surface area (Å²) in [5.74, 6) is 1.94. The fourth-order valence-corrected chi connectivity index (χ4v) is 4.95. The van der Waals surface area contributed by atoms with Crippen molar-refractivity contribution in [1.29, 1.82) is 0 Å². The van der Waals surface area contributed by atoms with Crippen molar-refractivity contribution in [2.24, 2.45) is 0 Å². The molecular formula is C21H20N4O3S2. The van der Waals surface area contributed by atoms with Gasteiger partial charge in [-0.05, 0) is 37.3 Å². The fraction of sp³-hybridized carbons (Fsp3) is 0.143. The van der Waals surface area contributed by atoms with Gasteiger partial charge >= 0.3 is 0 Å². The molecule has 0 atom stereocenters. The number of nitrogens with one attached hydrogen (secondary N) is 1. The Kier molecular flexibility index (Phi) is 6.03. The molecule has 0 amide bonds. The van der Waals surface area contributed by atoms with Gasteiger partial charge in [-0.3, -0.25) is 4.57 Å². The third-order valence-electron chi connectivity index (χ3n) is 4.43. The standard InChI is InChI=1S/C21H20N4O3S2/c1-16-19(12-14-28-16)20-23-24-21(25(20)17-8-4-2-5-9-17)29-15-13-22-30(26,27)18-10-6-3-7-11-18/h2-12,14,22H,13,15H2,1H3. The normalized spacial score (nSPS) is 11.6. The molecule has 1 N–H and O–H groups in total. The number of aromatic nitrogens is 3.